The molecule has 0 unspecified atom stereocenters. The van der Waals surface area contributed by atoms with Crippen molar-refractivity contribution in [3.8, 4) is 5.75 Å². The Morgan fingerprint density at radius 1 is 1.12 bits per heavy atom. The van der Waals surface area contributed by atoms with Crippen molar-refractivity contribution in [3.63, 3.8) is 0 Å². The van der Waals surface area contributed by atoms with Crippen molar-refractivity contribution in [3.05, 3.63) is 69.1 Å². The zero-order valence-corrected chi connectivity index (χ0v) is 18.9. The summed E-state index contributed by atoms with van der Waals surface area (Å²) < 4.78 is 5.70. The van der Waals surface area contributed by atoms with E-state index in [1.807, 2.05) is 6.07 Å². The number of nitrogens with zero attached hydrogens (tertiary/aromatic N) is 2. The number of aromatic nitrogens is 1. The molecule has 2 amide bonds. The second kappa shape index (κ2) is 10.0. The summed E-state index contributed by atoms with van der Waals surface area (Å²) in [7, 11) is 0. The molecule has 1 aromatic heterocycles. The predicted molar refractivity (Wildman–Crippen MR) is 127 cm³/mol. The lowest BCUT2D eigenvalue weighted by molar-refractivity contribution is 0.0995. The van der Waals surface area contributed by atoms with E-state index in [2.05, 4.69) is 15.2 Å². The Balaban J connectivity index is 1.47. The van der Waals surface area contributed by atoms with E-state index in [1.54, 1.807) is 41.8 Å². The molecule has 9 heteroatoms. The smallest absolute Gasteiger partial charge is 0.275 e. The van der Waals surface area contributed by atoms with Gasteiger partial charge in [0.2, 0.25) is 5.91 Å². The van der Waals surface area contributed by atoms with E-state index in [0.29, 0.717) is 32.7 Å². The number of piperidine rings is 1. The topological polar surface area (TPSA) is 97.6 Å². The highest BCUT2D eigenvalue weighted by Gasteiger charge is 2.19. The standard InChI is InChI=1S/C23H23ClN4O3S/c24-16-5-7-17(8-6-16)31-13-21-26-19(14-32-21)23(30)27-18-12-15(22(25)29)4-9-20(18)28-10-2-1-3-11-28/h4-9,12,14H,1-3,10-11,13H2,(H2,25,29)(H,27,30). The number of thiazole rings is 1. The number of primary amides is 1. The second-order valence-electron chi connectivity index (χ2n) is 7.47. The molecule has 1 aliphatic heterocycles. The second-order valence-corrected chi connectivity index (χ2v) is 8.85. The molecule has 0 atom stereocenters. The van der Waals surface area contributed by atoms with Gasteiger partial charge in [0.15, 0.2) is 0 Å². The minimum Gasteiger partial charge on any atom is -0.486 e. The number of carbonyl (C=O) groups is 2. The predicted octanol–water partition coefficient (Wildman–Crippen LogP) is 4.72. The molecule has 3 aromatic rings. The fraction of sp³-hybridized carbons (Fsp3) is 0.261. The average Bonchev–Trinajstić information content (AvgIpc) is 3.28. The van der Waals surface area contributed by atoms with Gasteiger partial charge < -0.3 is 20.7 Å². The van der Waals surface area contributed by atoms with E-state index in [4.69, 9.17) is 22.1 Å². The fourth-order valence-corrected chi connectivity index (χ4v) is 4.36. The van der Waals surface area contributed by atoms with Gasteiger partial charge in [0.25, 0.3) is 5.91 Å². The molecule has 0 bridgehead atoms. The Morgan fingerprint density at radius 2 is 1.88 bits per heavy atom. The van der Waals surface area contributed by atoms with Crippen LogP contribution in [0.2, 0.25) is 5.02 Å². The van der Waals surface area contributed by atoms with E-state index >= 15 is 0 Å². The first-order chi connectivity index (χ1) is 15.5. The van der Waals surface area contributed by atoms with Gasteiger partial charge >= 0.3 is 0 Å². The minimum atomic E-state index is -0.541. The highest BCUT2D eigenvalue weighted by atomic mass is 35.5. The number of amides is 2. The molecule has 0 radical (unpaired) electrons. The van der Waals surface area contributed by atoms with Gasteiger partial charge in [-0.25, -0.2) is 4.98 Å². The normalized spacial score (nSPS) is 13.6. The van der Waals surface area contributed by atoms with E-state index in [-0.39, 0.29) is 12.5 Å². The Bertz CT molecular complexity index is 1110. The van der Waals surface area contributed by atoms with Gasteiger partial charge in [-0.3, -0.25) is 9.59 Å². The third kappa shape index (κ3) is 5.38. The first-order valence-corrected chi connectivity index (χ1v) is 11.6. The summed E-state index contributed by atoms with van der Waals surface area (Å²) in [5.41, 5.74) is 7.52. The van der Waals surface area contributed by atoms with Crippen molar-refractivity contribution >= 4 is 46.1 Å². The molecule has 2 aromatic carbocycles. The van der Waals surface area contributed by atoms with Crippen LogP contribution in [0.5, 0.6) is 5.75 Å². The number of benzene rings is 2. The van der Waals surface area contributed by atoms with Crippen LogP contribution in [-0.4, -0.2) is 29.9 Å². The molecule has 2 heterocycles. The first-order valence-electron chi connectivity index (χ1n) is 10.3. The van der Waals surface area contributed by atoms with Crippen molar-refractivity contribution in [2.24, 2.45) is 5.73 Å². The lowest BCUT2D eigenvalue weighted by atomic mass is 10.1. The number of rotatable bonds is 7. The molecular formula is C23H23ClN4O3S. The van der Waals surface area contributed by atoms with Crippen LogP contribution in [0.4, 0.5) is 11.4 Å². The maximum atomic E-state index is 12.9. The molecule has 32 heavy (non-hydrogen) atoms. The quantitative estimate of drug-likeness (QED) is 0.520. The summed E-state index contributed by atoms with van der Waals surface area (Å²) >= 11 is 7.23. The summed E-state index contributed by atoms with van der Waals surface area (Å²) in [5, 5.41) is 5.91. The fourth-order valence-electron chi connectivity index (χ4n) is 3.54. The number of hydrogen-bond donors (Lipinski definition) is 2. The Labute approximate surface area is 195 Å². The number of carbonyl (C=O) groups excluding carboxylic acids is 2. The maximum absolute atomic E-state index is 12.9. The van der Waals surface area contributed by atoms with Crippen molar-refractivity contribution in [1.82, 2.24) is 4.98 Å². The maximum Gasteiger partial charge on any atom is 0.275 e. The molecule has 1 aliphatic rings. The molecule has 0 aliphatic carbocycles. The van der Waals surface area contributed by atoms with Crippen LogP contribution in [-0.2, 0) is 6.61 Å². The van der Waals surface area contributed by atoms with E-state index < -0.39 is 5.91 Å². The van der Waals surface area contributed by atoms with Gasteiger partial charge in [-0.05, 0) is 61.7 Å². The van der Waals surface area contributed by atoms with Gasteiger partial charge in [0.05, 0.1) is 11.4 Å². The molecule has 0 spiro atoms. The Kier molecular flexibility index (Phi) is 6.92. The summed E-state index contributed by atoms with van der Waals surface area (Å²) in [6.45, 7) is 2.05. The Morgan fingerprint density at radius 3 is 2.59 bits per heavy atom. The van der Waals surface area contributed by atoms with Crippen molar-refractivity contribution in [1.29, 1.82) is 0 Å². The Hall–Kier alpha value is -3.10. The van der Waals surface area contributed by atoms with E-state index in [1.165, 1.54) is 17.8 Å². The van der Waals surface area contributed by atoms with Crippen LogP contribution in [0.25, 0.3) is 0 Å². The number of ether oxygens (including phenoxy) is 1. The molecule has 0 saturated carbocycles. The number of halogens is 1. The first kappa shape index (κ1) is 22.1. The van der Waals surface area contributed by atoms with E-state index in [9.17, 15) is 9.59 Å². The largest absolute Gasteiger partial charge is 0.486 e. The van der Waals surface area contributed by atoms with Gasteiger partial charge in [-0.1, -0.05) is 11.6 Å². The molecule has 4 rings (SSSR count). The zero-order valence-electron chi connectivity index (χ0n) is 17.3. The van der Waals surface area contributed by atoms with Crippen LogP contribution in [0, 0.1) is 0 Å². The number of nitrogens with two attached hydrogens (primary N) is 1. The highest BCUT2D eigenvalue weighted by molar-refractivity contribution is 7.09. The molecule has 1 fully saturated rings. The van der Waals surface area contributed by atoms with E-state index in [0.717, 1.165) is 31.6 Å². The third-order valence-electron chi connectivity index (χ3n) is 5.19. The van der Waals surface area contributed by atoms with Crippen LogP contribution in [0.3, 0.4) is 0 Å². The average molecular weight is 471 g/mol. The summed E-state index contributed by atoms with van der Waals surface area (Å²) in [6.07, 6.45) is 3.37. The molecule has 166 valence electrons. The summed E-state index contributed by atoms with van der Waals surface area (Å²) in [5.74, 6) is -0.218. The van der Waals surface area contributed by atoms with Crippen molar-refractivity contribution in [2.45, 2.75) is 25.9 Å². The number of nitrogens with one attached hydrogen (secondary N) is 1. The molecule has 7 nitrogen and oxygen atoms in total. The lowest BCUT2D eigenvalue weighted by Gasteiger charge is -2.30. The molecule has 3 N–H and O–H groups in total. The minimum absolute atomic E-state index is 0.246. The van der Waals surface area contributed by atoms with Gasteiger partial charge in [0, 0.05) is 29.1 Å². The summed E-state index contributed by atoms with van der Waals surface area (Å²) in [6, 6.07) is 12.2. The van der Waals surface area contributed by atoms with Crippen LogP contribution >= 0.6 is 22.9 Å². The monoisotopic (exact) mass is 470 g/mol. The summed E-state index contributed by atoms with van der Waals surface area (Å²) in [4.78, 5) is 31.2. The molecular weight excluding hydrogens is 448 g/mol. The molecule has 1 saturated heterocycles. The van der Waals surface area contributed by atoms with Gasteiger partial charge in [-0.15, -0.1) is 11.3 Å². The van der Waals surface area contributed by atoms with Crippen molar-refractivity contribution < 1.29 is 14.3 Å². The van der Waals surface area contributed by atoms with Crippen LogP contribution < -0.4 is 20.7 Å². The highest BCUT2D eigenvalue weighted by Crippen LogP contribution is 2.30. The zero-order chi connectivity index (χ0) is 22.5. The number of hydrogen-bond acceptors (Lipinski definition) is 6. The van der Waals surface area contributed by atoms with Crippen LogP contribution in [0.15, 0.2) is 47.8 Å². The van der Waals surface area contributed by atoms with Gasteiger partial charge in [0.1, 0.15) is 23.1 Å². The van der Waals surface area contributed by atoms with Crippen molar-refractivity contribution in [2.75, 3.05) is 23.3 Å². The van der Waals surface area contributed by atoms with Gasteiger partial charge in [-0.2, -0.15) is 0 Å². The third-order valence-corrected chi connectivity index (χ3v) is 6.26. The number of anilines is 2. The lowest BCUT2D eigenvalue weighted by Crippen LogP contribution is -2.30. The SMILES string of the molecule is NC(=O)c1ccc(N2CCCCC2)c(NC(=O)c2csc(COc3ccc(Cl)cc3)n2)c1. The van der Waals surface area contributed by atoms with Crippen LogP contribution in [0.1, 0.15) is 45.1 Å².